The predicted octanol–water partition coefficient (Wildman–Crippen LogP) is 1.41. The number of nitrogens with zero attached hydrogens (tertiary/aromatic N) is 1. The Labute approximate surface area is 89.9 Å². The van der Waals surface area contributed by atoms with E-state index in [2.05, 4.69) is 11.4 Å². The largest absolute Gasteiger partial charge is 0.399 e. The summed E-state index contributed by atoms with van der Waals surface area (Å²) in [6.45, 7) is 1.83. The number of rotatable bonds is 1. The molecular weight excluding hydrogens is 186 g/mol. The van der Waals surface area contributed by atoms with E-state index >= 15 is 0 Å². The average Bonchev–Trinajstić information content (AvgIpc) is 2.31. The molecule has 0 aromatic heterocycles. The summed E-state index contributed by atoms with van der Waals surface area (Å²) >= 11 is 0. The summed E-state index contributed by atoms with van der Waals surface area (Å²) < 4.78 is 0. The quantitative estimate of drug-likeness (QED) is 0.675. The molecule has 78 valence electrons. The lowest BCUT2D eigenvalue weighted by molar-refractivity contribution is 0.382. The highest BCUT2D eigenvalue weighted by Crippen LogP contribution is 2.32. The molecule has 1 aliphatic heterocycles. The number of nitriles is 1. The zero-order valence-corrected chi connectivity index (χ0v) is 8.66. The zero-order valence-electron chi connectivity index (χ0n) is 8.66. The molecule has 0 saturated carbocycles. The highest BCUT2D eigenvalue weighted by Gasteiger charge is 2.33. The standard InChI is InChI=1S/C12H15N3/c13-9-12(5-7-15-8-6-12)10-1-3-11(14)4-2-10/h1-4,15H,5-8,14H2. The minimum atomic E-state index is -0.307. The molecule has 0 atom stereocenters. The second-order valence-corrected chi connectivity index (χ2v) is 4.07. The van der Waals surface area contributed by atoms with Gasteiger partial charge in [0.15, 0.2) is 0 Å². The molecule has 1 fully saturated rings. The molecule has 1 aliphatic rings. The topological polar surface area (TPSA) is 61.8 Å². The Morgan fingerprint density at radius 3 is 2.33 bits per heavy atom. The van der Waals surface area contributed by atoms with Crippen molar-refractivity contribution in [3.8, 4) is 6.07 Å². The summed E-state index contributed by atoms with van der Waals surface area (Å²) in [5, 5.41) is 12.6. The van der Waals surface area contributed by atoms with Crippen molar-refractivity contribution in [1.82, 2.24) is 5.32 Å². The summed E-state index contributed by atoms with van der Waals surface area (Å²) in [6, 6.07) is 10.2. The van der Waals surface area contributed by atoms with Crippen LogP contribution in [-0.4, -0.2) is 13.1 Å². The lowest BCUT2D eigenvalue weighted by Gasteiger charge is -2.31. The van der Waals surface area contributed by atoms with E-state index in [4.69, 9.17) is 5.73 Å². The second-order valence-electron chi connectivity index (χ2n) is 4.07. The Kier molecular flexibility index (Phi) is 2.61. The molecule has 0 aliphatic carbocycles. The molecule has 3 N–H and O–H groups in total. The molecule has 3 heteroatoms. The first-order valence-electron chi connectivity index (χ1n) is 5.25. The van der Waals surface area contributed by atoms with E-state index in [1.807, 2.05) is 24.3 Å². The summed E-state index contributed by atoms with van der Waals surface area (Å²) in [6.07, 6.45) is 1.76. The van der Waals surface area contributed by atoms with Crippen molar-refractivity contribution in [1.29, 1.82) is 5.26 Å². The van der Waals surface area contributed by atoms with Crippen LogP contribution in [-0.2, 0) is 5.41 Å². The molecule has 0 bridgehead atoms. The highest BCUT2D eigenvalue weighted by molar-refractivity contribution is 5.43. The van der Waals surface area contributed by atoms with Crippen LogP contribution in [0.5, 0.6) is 0 Å². The summed E-state index contributed by atoms with van der Waals surface area (Å²) in [5.74, 6) is 0. The molecule has 1 saturated heterocycles. The summed E-state index contributed by atoms with van der Waals surface area (Å²) in [4.78, 5) is 0. The van der Waals surface area contributed by atoms with Crippen LogP contribution in [0.2, 0.25) is 0 Å². The first-order valence-corrected chi connectivity index (χ1v) is 5.25. The fourth-order valence-corrected chi connectivity index (χ4v) is 2.12. The third kappa shape index (κ3) is 1.81. The Morgan fingerprint density at radius 1 is 1.20 bits per heavy atom. The maximum Gasteiger partial charge on any atom is 0.0846 e. The maximum absolute atomic E-state index is 9.36. The van der Waals surface area contributed by atoms with Gasteiger partial charge in [0.25, 0.3) is 0 Å². The molecule has 1 aromatic rings. The van der Waals surface area contributed by atoms with Gasteiger partial charge in [-0.3, -0.25) is 0 Å². The van der Waals surface area contributed by atoms with E-state index in [9.17, 15) is 5.26 Å². The second kappa shape index (κ2) is 3.92. The van der Waals surface area contributed by atoms with Crippen molar-refractivity contribution in [2.45, 2.75) is 18.3 Å². The third-order valence-electron chi connectivity index (χ3n) is 3.13. The van der Waals surface area contributed by atoms with E-state index in [1.165, 1.54) is 0 Å². The highest BCUT2D eigenvalue weighted by atomic mass is 14.9. The van der Waals surface area contributed by atoms with E-state index < -0.39 is 0 Å². The first kappa shape index (κ1) is 10.0. The number of nitrogens with two attached hydrogens (primary N) is 1. The van der Waals surface area contributed by atoms with Crippen LogP contribution in [0.4, 0.5) is 5.69 Å². The number of anilines is 1. The predicted molar refractivity (Wildman–Crippen MR) is 60.2 cm³/mol. The van der Waals surface area contributed by atoms with Crippen LogP contribution in [0.25, 0.3) is 0 Å². The van der Waals surface area contributed by atoms with Gasteiger partial charge in [-0.15, -0.1) is 0 Å². The molecule has 1 heterocycles. The molecule has 0 unspecified atom stereocenters. The van der Waals surface area contributed by atoms with E-state index in [-0.39, 0.29) is 5.41 Å². The molecule has 0 radical (unpaired) electrons. The normalized spacial score (nSPS) is 19.4. The zero-order chi connectivity index (χ0) is 10.7. The number of benzene rings is 1. The van der Waals surface area contributed by atoms with Crippen molar-refractivity contribution < 1.29 is 0 Å². The van der Waals surface area contributed by atoms with Crippen LogP contribution < -0.4 is 11.1 Å². The monoisotopic (exact) mass is 201 g/mol. The number of hydrogen-bond acceptors (Lipinski definition) is 3. The van der Waals surface area contributed by atoms with Gasteiger partial charge in [-0.2, -0.15) is 5.26 Å². The summed E-state index contributed by atoms with van der Waals surface area (Å²) in [7, 11) is 0. The van der Waals surface area contributed by atoms with Crippen molar-refractivity contribution in [3.63, 3.8) is 0 Å². The van der Waals surface area contributed by atoms with E-state index in [0.717, 1.165) is 37.2 Å². The SMILES string of the molecule is N#CC1(c2ccc(N)cc2)CCNCC1. The van der Waals surface area contributed by atoms with Gasteiger partial charge in [0, 0.05) is 5.69 Å². The third-order valence-corrected chi connectivity index (χ3v) is 3.13. The van der Waals surface area contributed by atoms with Gasteiger partial charge in [-0.1, -0.05) is 12.1 Å². The van der Waals surface area contributed by atoms with Crippen molar-refractivity contribution >= 4 is 5.69 Å². The molecule has 15 heavy (non-hydrogen) atoms. The molecular formula is C12H15N3. The summed E-state index contributed by atoms with van der Waals surface area (Å²) in [5.41, 5.74) is 7.19. The lowest BCUT2D eigenvalue weighted by Crippen LogP contribution is -2.38. The number of piperidine rings is 1. The van der Waals surface area contributed by atoms with Gasteiger partial charge in [0.05, 0.1) is 11.5 Å². The minimum absolute atomic E-state index is 0.307. The van der Waals surface area contributed by atoms with Gasteiger partial charge in [-0.25, -0.2) is 0 Å². The van der Waals surface area contributed by atoms with E-state index in [1.54, 1.807) is 0 Å². The first-order chi connectivity index (χ1) is 7.27. The molecule has 1 aromatic carbocycles. The fourth-order valence-electron chi connectivity index (χ4n) is 2.12. The maximum atomic E-state index is 9.36. The average molecular weight is 201 g/mol. The minimum Gasteiger partial charge on any atom is -0.399 e. The molecule has 2 rings (SSSR count). The Bertz CT molecular complexity index is 369. The molecule has 3 nitrogen and oxygen atoms in total. The van der Waals surface area contributed by atoms with Crippen LogP contribution in [0.15, 0.2) is 24.3 Å². The Morgan fingerprint density at radius 2 is 1.80 bits per heavy atom. The van der Waals surface area contributed by atoms with Gasteiger partial charge in [0.2, 0.25) is 0 Å². The van der Waals surface area contributed by atoms with Crippen molar-refractivity contribution in [2.75, 3.05) is 18.8 Å². The van der Waals surface area contributed by atoms with Crippen molar-refractivity contribution in [3.05, 3.63) is 29.8 Å². The number of nitrogen functional groups attached to an aromatic ring is 1. The smallest absolute Gasteiger partial charge is 0.0846 e. The van der Waals surface area contributed by atoms with Gasteiger partial charge in [-0.05, 0) is 43.6 Å². The van der Waals surface area contributed by atoms with Crippen LogP contribution in [0.1, 0.15) is 18.4 Å². The van der Waals surface area contributed by atoms with Crippen LogP contribution in [0.3, 0.4) is 0 Å². The molecule has 0 amide bonds. The molecule has 0 spiro atoms. The van der Waals surface area contributed by atoms with E-state index in [0.29, 0.717) is 0 Å². The number of hydrogen-bond donors (Lipinski definition) is 2. The van der Waals surface area contributed by atoms with Crippen LogP contribution in [0, 0.1) is 11.3 Å². The Balaban J connectivity index is 2.33. The number of nitrogens with one attached hydrogen (secondary N) is 1. The van der Waals surface area contributed by atoms with Gasteiger partial charge in [0.1, 0.15) is 0 Å². The fraction of sp³-hybridized carbons (Fsp3) is 0.417. The van der Waals surface area contributed by atoms with Crippen LogP contribution >= 0.6 is 0 Å². The van der Waals surface area contributed by atoms with Crippen molar-refractivity contribution in [2.24, 2.45) is 0 Å². The Hall–Kier alpha value is -1.53. The lowest BCUT2D eigenvalue weighted by atomic mass is 9.74. The van der Waals surface area contributed by atoms with Gasteiger partial charge >= 0.3 is 0 Å². The van der Waals surface area contributed by atoms with Gasteiger partial charge < -0.3 is 11.1 Å².